The molecule has 13 heteroatoms. The topological polar surface area (TPSA) is 144 Å². The molecule has 12 nitrogen and oxygen atoms in total. The Morgan fingerprint density at radius 3 is 2.26 bits per heavy atom. The minimum Gasteiger partial charge on any atom is -0.436 e. The first-order valence-electron chi connectivity index (χ1n) is 16.0. The lowest BCUT2D eigenvalue weighted by Crippen LogP contribution is -2.60. The van der Waals surface area contributed by atoms with Gasteiger partial charge in [-0.05, 0) is 50.8 Å². The molecule has 0 bridgehead atoms. The molecule has 2 aromatic carbocycles. The summed E-state index contributed by atoms with van der Waals surface area (Å²) in [6.07, 6.45) is 1.57. The Hall–Kier alpha value is -3.52. The molecule has 47 heavy (non-hydrogen) atoms. The average molecular weight is 673 g/mol. The van der Waals surface area contributed by atoms with Gasteiger partial charge in [0.1, 0.15) is 12.8 Å². The van der Waals surface area contributed by atoms with Crippen molar-refractivity contribution in [2.75, 3.05) is 43.5 Å². The summed E-state index contributed by atoms with van der Waals surface area (Å²) in [4.78, 5) is 41.0. The normalized spacial score (nSPS) is 17.3. The molecule has 2 aliphatic rings. The standard InChI is InChI=1S/C34H48N4O8S/c1-24(2)31(40)46-25(3)45-23-35-33(4,5)32(41)36-28(21-44-20-26-12-8-7-9-13-26)30(39)37-18-16-34(17-19-37)22-38(47(6,42)43)29-15-11-10-14-27(29)34/h7-15,24-25,28,35H,16-23H2,1-6H3,(H,36,41)/t25?,28-/m1/s1. The number of rotatable bonds is 14. The first kappa shape index (κ1) is 36.3. The zero-order valence-corrected chi connectivity index (χ0v) is 29.0. The van der Waals surface area contributed by atoms with Crippen molar-refractivity contribution in [2.45, 2.75) is 77.4 Å². The monoisotopic (exact) mass is 672 g/mol. The van der Waals surface area contributed by atoms with Crippen molar-refractivity contribution in [3.63, 3.8) is 0 Å². The Bertz CT molecular complexity index is 1510. The summed E-state index contributed by atoms with van der Waals surface area (Å²) >= 11 is 0. The number of sulfonamides is 1. The Labute approximate surface area is 278 Å². The van der Waals surface area contributed by atoms with Crippen molar-refractivity contribution in [3.8, 4) is 0 Å². The Morgan fingerprint density at radius 2 is 1.62 bits per heavy atom. The van der Waals surface area contributed by atoms with Crippen LogP contribution in [0.4, 0.5) is 5.69 Å². The molecule has 1 fully saturated rings. The summed E-state index contributed by atoms with van der Waals surface area (Å²) in [6.45, 7) is 9.67. The third-order valence-electron chi connectivity index (χ3n) is 8.78. The number of hydrogen-bond donors (Lipinski definition) is 2. The second kappa shape index (κ2) is 15.1. The van der Waals surface area contributed by atoms with Gasteiger partial charge in [0.2, 0.25) is 28.1 Å². The van der Waals surface area contributed by atoms with Crippen molar-refractivity contribution >= 4 is 33.5 Å². The van der Waals surface area contributed by atoms with Crippen LogP contribution in [0, 0.1) is 5.92 Å². The number of ether oxygens (including phenoxy) is 3. The summed E-state index contributed by atoms with van der Waals surface area (Å²) in [5.74, 6) is -1.39. The lowest BCUT2D eigenvalue weighted by Gasteiger charge is -2.41. The highest BCUT2D eigenvalue weighted by molar-refractivity contribution is 7.92. The molecule has 2 aromatic rings. The van der Waals surface area contributed by atoms with Crippen LogP contribution in [0.2, 0.25) is 0 Å². The van der Waals surface area contributed by atoms with E-state index in [1.54, 1.807) is 39.5 Å². The first-order valence-corrected chi connectivity index (χ1v) is 17.8. The molecule has 0 saturated carbocycles. The molecular formula is C34H48N4O8S. The molecule has 2 N–H and O–H groups in total. The quantitative estimate of drug-likeness (QED) is 0.229. The van der Waals surface area contributed by atoms with Gasteiger partial charge in [-0.2, -0.15) is 0 Å². The summed E-state index contributed by atoms with van der Waals surface area (Å²) < 4.78 is 43.4. The number of amides is 2. The lowest BCUT2D eigenvalue weighted by molar-refractivity contribution is -0.180. The molecule has 2 atom stereocenters. The van der Waals surface area contributed by atoms with Crippen LogP contribution in [-0.4, -0.2) is 88.2 Å². The predicted molar refractivity (Wildman–Crippen MR) is 178 cm³/mol. The van der Waals surface area contributed by atoms with E-state index in [0.717, 1.165) is 11.1 Å². The van der Waals surface area contributed by atoms with Crippen LogP contribution in [-0.2, 0) is 50.6 Å². The van der Waals surface area contributed by atoms with E-state index < -0.39 is 39.2 Å². The zero-order chi connectivity index (χ0) is 34.4. The predicted octanol–water partition coefficient (Wildman–Crippen LogP) is 2.92. The van der Waals surface area contributed by atoms with E-state index >= 15 is 0 Å². The van der Waals surface area contributed by atoms with Gasteiger partial charge in [0.05, 0.1) is 36.6 Å². The summed E-state index contributed by atoms with van der Waals surface area (Å²) in [5.41, 5.74) is 1.07. The maximum absolute atomic E-state index is 14.0. The molecule has 2 heterocycles. The smallest absolute Gasteiger partial charge is 0.310 e. The largest absolute Gasteiger partial charge is 0.436 e. The average Bonchev–Trinajstić information content (AvgIpc) is 3.35. The number of carbonyl (C=O) groups is 3. The number of nitrogens with one attached hydrogen (secondary N) is 2. The maximum atomic E-state index is 14.0. The molecular weight excluding hydrogens is 624 g/mol. The number of benzene rings is 2. The van der Waals surface area contributed by atoms with E-state index in [0.29, 0.717) is 38.2 Å². The lowest BCUT2D eigenvalue weighted by atomic mass is 9.74. The molecule has 1 unspecified atom stereocenters. The highest BCUT2D eigenvalue weighted by atomic mass is 32.2. The van der Waals surface area contributed by atoms with Crippen molar-refractivity contribution < 1.29 is 37.0 Å². The van der Waals surface area contributed by atoms with Crippen LogP contribution in [0.25, 0.3) is 0 Å². The van der Waals surface area contributed by atoms with Crippen LogP contribution in [0.15, 0.2) is 54.6 Å². The van der Waals surface area contributed by atoms with Gasteiger partial charge in [-0.1, -0.05) is 62.4 Å². The van der Waals surface area contributed by atoms with E-state index in [1.165, 1.54) is 10.6 Å². The maximum Gasteiger partial charge on any atom is 0.310 e. The Kier molecular flexibility index (Phi) is 11.7. The van der Waals surface area contributed by atoms with Crippen LogP contribution < -0.4 is 14.9 Å². The Morgan fingerprint density at radius 1 is 0.979 bits per heavy atom. The number of para-hydroxylation sites is 1. The minimum atomic E-state index is -3.46. The molecule has 2 aliphatic heterocycles. The molecule has 1 saturated heterocycles. The van der Waals surface area contributed by atoms with Crippen molar-refractivity contribution in [3.05, 3.63) is 65.7 Å². The molecule has 4 rings (SSSR count). The summed E-state index contributed by atoms with van der Waals surface area (Å²) in [5, 5.41) is 5.89. The van der Waals surface area contributed by atoms with E-state index in [9.17, 15) is 22.8 Å². The van der Waals surface area contributed by atoms with Crippen molar-refractivity contribution in [2.24, 2.45) is 5.92 Å². The molecule has 0 aromatic heterocycles. The van der Waals surface area contributed by atoms with Crippen LogP contribution in [0.5, 0.6) is 0 Å². The number of hydrogen-bond acceptors (Lipinski definition) is 9. The molecule has 1 spiro atoms. The van der Waals surface area contributed by atoms with E-state index in [1.807, 2.05) is 54.6 Å². The Balaban J connectivity index is 1.41. The van der Waals surface area contributed by atoms with Crippen molar-refractivity contribution in [1.29, 1.82) is 0 Å². The first-order chi connectivity index (χ1) is 22.1. The summed E-state index contributed by atoms with van der Waals surface area (Å²) in [7, 11) is -3.46. The number of anilines is 1. The van der Waals surface area contributed by atoms with Gasteiger partial charge in [0, 0.05) is 25.0 Å². The number of esters is 1. The van der Waals surface area contributed by atoms with E-state index in [-0.39, 0.29) is 37.7 Å². The van der Waals surface area contributed by atoms with Gasteiger partial charge < -0.3 is 24.4 Å². The molecule has 2 amide bonds. The molecule has 0 aliphatic carbocycles. The van der Waals surface area contributed by atoms with Gasteiger partial charge in [0.15, 0.2) is 0 Å². The highest BCUT2D eigenvalue weighted by Gasteiger charge is 2.48. The van der Waals surface area contributed by atoms with Gasteiger partial charge in [-0.25, -0.2) is 8.42 Å². The highest BCUT2D eigenvalue weighted by Crippen LogP contribution is 2.47. The van der Waals surface area contributed by atoms with Crippen LogP contribution in [0.3, 0.4) is 0 Å². The van der Waals surface area contributed by atoms with Crippen molar-refractivity contribution in [1.82, 2.24) is 15.5 Å². The number of nitrogens with zero attached hydrogens (tertiary/aromatic N) is 2. The fourth-order valence-corrected chi connectivity index (χ4v) is 6.82. The number of carbonyl (C=O) groups excluding carboxylic acids is 3. The second-order valence-electron chi connectivity index (χ2n) is 13.2. The number of likely N-dealkylation sites (tertiary alicyclic amines) is 1. The van der Waals surface area contributed by atoms with Gasteiger partial charge in [-0.3, -0.25) is 24.0 Å². The van der Waals surface area contributed by atoms with Crippen LogP contribution in [0.1, 0.15) is 58.6 Å². The number of piperidine rings is 1. The number of fused-ring (bicyclic) bond motifs is 2. The second-order valence-corrected chi connectivity index (χ2v) is 15.1. The molecule has 0 radical (unpaired) electrons. The SMILES string of the molecule is CC(OCNC(C)(C)C(=O)N[C@H](COCc1ccccc1)C(=O)N1CCC2(CC1)CN(S(C)(=O)=O)c1ccccc12)OC(=O)C(C)C. The molecule has 258 valence electrons. The van der Waals surface area contributed by atoms with E-state index in [2.05, 4.69) is 10.6 Å². The minimum absolute atomic E-state index is 0.0411. The van der Waals surface area contributed by atoms with Gasteiger partial charge in [0.25, 0.3) is 0 Å². The zero-order valence-electron chi connectivity index (χ0n) is 28.2. The third kappa shape index (κ3) is 9.10. The van der Waals surface area contributed by atoms with Gasteiger partial charge in [-0.15, -0.1) is 0 Å². The van der Waals surface area contributed by atoms with Crippen LogP contribution >= 0.6 is 0 Å². The van der Waals surface area contributed by atoms with E-state index in [4.69, 9.17) is 14.2 Å². The fourth-order valence-electron chi connectivity index (χ4n) is 5.82. The van der Waals surface area contributed by atoms with Gasteiger partial charge >= 0.3 is 5.97 Å². The summed E-state index contributed by atoms with van der Waals surface area (Å²) in [6, 6.07) is 16.2. The fraction of sp³-hybridized carbons (Fsp3) is 0.559. The third-order valence-corrected chi connectivity index (χ3v) is 9.90.